The molecule has 46 heavy (non-hydrogen) atoms. The molecule has 0 radical (unpaired) electrons. The van der Waals surface area contributed by atoms with Crippen LogP contribution in [0.25, 0.3) is 86.2 Å². The summed E-state index contributed by atoms with van der Waals surface area (Å²) in [4.78, 5) is 0. The average molecular weight is 583 g/mol. The molecule has 11 rings (SSSR count). The molecular formula is C46H30. The molecule has 0 N–H and O–H groups in total. The van der Waals surface area contributed by atoms with E-state index in [4.69, 9.17) is 0 Å². The minimum atomic E-state index is 1.31. The van der Waals surface area contributed by atoms with E-state index in [1.807, 2.05) is 0 Å². The molecule has 0 unspecified atom stereocenters. The van der Waals surface area contributed by atoms with Gasteiger partial charge in [0.05, 0.1) is 0 Å². The minimum Gasteiger partial charge on any atom is -0.0616 e. The molecule has 11 aromatic rings. The number of benzene rings is 11. The predicted octanol–water partition coefficient (Wildman–Crippen LogP) is 13.2. The molecule has 0 fully saturated rings. The van der Waals surface area contributed by atoms with Crippen LogP contribution in [0.5, 0.6) is 0 Å². The zero-order valence-electron chi connectivity index (χ0n) is 25.3. The Hall–Kier alpha value is -5.98. The fourth-order valence-corrected chi connectivity index (χ4v) is 7.22. The van der Waals surface area contributed by atoms with Gasteiger partial charge in [-0.15, -0.1) is 0 Å². The van der Waals surface area contributed by atoms with E-state index in [9.17, 15) is 0 Å². The first-order valence-corrected chi connectivity index (χ1v) is 15.9. The summed E-state index contributed by atoms with van der Waals surface area (Å²) >= 11 is 0. The molecular weight excluding hydrogens is 553 g/mol. The van der Waals surface area contributed by atoms with Gasteiger partial charge in [-0.25, -0.2) is 0 Å². The Labute approximate surface area is 267 Å². The van der Waals surface area contributed by atoms with Crippen molar-refractivity contribution in [1.29, 1.82) is 0 Å². The van der Waals surface area contributed by atoms with Gasteiger partial charge in [-0.1, -0.05) is 170 Å². The molecule has 0 saturated carbocycles. The fourth-order valence-electron chi connectivity index (χ4n) is 7.22. The number of hydrogen-bond donors (Lipinski definition) is 0. The van der Waals surface area contributed by atoms with Crippen LogP contribution in [0.2, 0.25) is 0 Å². The average Bonchev–Trinajstić information content (AvgIpc) is 3.13. The third kappa shape index (κ3) is 4.47. The van der Waals surface area contributed by atoms with Crippen LogP contribution in [0, 0.1) is 0 Å². The monoisotopic (exact) mass is 582 g/mol. The summed E-state index contributed by atoms with van der Waals surface area (Å²) in [5.74, 6) is 0. The number of rotatable bonds is 0. The van der Waals surface area contributed by atoms with Crippen LogP contribution < -0.4 is 0 Å². The van der Waals surface area contributed by atoms with Crippen molar-refractivity contribution < 1.29 is 0 Å². The summed E-state index contributed by atoms with van der Waals surface area (Å²) < 4.78 is 0. The quantitative estimate of drug-likeness (QED) is 0.123. The largest absolute Gasteiger partial charge is 0.0616 e. The van der Waals surface area contributed by atoms with Gasteiger partial charge in [0.1, 0.15) is 0 Å². The standard InChI is InChI=1S/2C16H10.C14H10/c2*1-3-11-7-9-13-5-2-6-14-10-8-12(4-1)15(11)16(13)14;1-2-6-12-10-14-8-4-3-7-13(14)9-11(12)5-1/h2*1-10H;1-10H. The molecule has 0 aromatic heterocycles. The maximum atomic E-state index is 2.24. The minimum absolute atomic E-state index is 1.31. The molecule has 0 heterocycles. The van der Waals surface area contributed by atoms with Crippen LogP contribution >= 0.6 is 0 Å². The topological polar surface area (TPSA) is 0 Å². The van der Waals surface area contributed by atoms with E-state index in [1.165, 1.54) is 86.2 Å². The highest BCUT2D eigenvalue weighted by atomic mass is 14.1. The first kappa shape index (κ1) is 26.4. The summed E-state index contributed by atoms with van der Waals surface area (Å²) in [5, 5.41) is 21.5. The van der Waals surface area contributed by atoms with Crippen molar-refractivity contribution in [1.82, 2.24) is 0 Å². The molecule has 0 heteroatoms. The Balaban J connectivity index is 0.0000000954. The van der Waals surface area contributed by atoms with Gasteiger partial charge in [0, 0.05) is 0 Å². The Morgan fingerprint density at radius 2 is 0.326 bits per heavy atom. The molecule has 11 aromatic carbocycles. The second-order valence-corrected chi connectivity index (χ2v) is 12.1. The summed E-state index contributed by atoms with van der Waals surface area (Å²) in [7, 11) is 0. The van der Waals surface area contributed by atoms with E-state index >= 15 is 0 Å². The zero-order valence-corrected chi connectivity index (χ0v) is 25.3. The van der Waals surface area contributed by atoms with E-state index in [2.05, 4.69) is 182 Å². The first-order valence-electron chi connectivity index (χ1n) is 15.9. The van der Waals surface area contributed by atoms with Gasteiger partial charge in [0.25, 0.3) is 0 Å². The maximum Gasteiger partial charge on any atom is -0.00268 e. The van der Waals surface area contributed by atoms with Crippen LogP contribution in [-0.4, -0.2) is 0 Å². The molecule has 0 atom stereocenters. The van der Waals surface area contributed by atoms with E-state index in [0.29, 0.717) is 0 Å². The van der Waals surface area contributed by atoms with Crippen molar-refractivity contribution in [3.63, 3.8) is 0 Å². The van der Waals surface area contributed by atoms with Crippen molar-refractivity contribution in [3.05, 3.63) is 182 Å². The molecule has 0 saturated heterocycles. The Morgan fingerprint density at radius 1 is 0.152 bits per heavy atom. The molecule has 214 valence electrons. The smallest absolute Gasteiger partial charge is 0.00268 e. The lowest BCUT2D eigenvalue weighted by Crippen LogP contribution is -1.82. The lowest BCUT2D eigenvalue weighted by molar-refractivity contribution is 1.76. The van der Waals surface area contributed by atoms with Gasteiger partial charge in [-0.05, 0) is 98.3 Å². The molecule has 0 aliphatic carbocycles. The lowest BCUT2D eigenvalue weighted by atomic mass is 9.95. The van der Waals surface area contributed by atoms with E-state index < -0.39 is 0 Å². The van der Waals surface area contributed by atoms with Crippen LogP contribution in [0.3, 0.4) is 0 Å². The molecule has 0 nitrogen and oxygen atoms in total. The number of hydrogen-bond acceptors (Lipinski definition) is 0. The maximum absolute atomic E-state index is 2.24. The summed E-state index contributed by atoms with van der Waals surface area (Å²) in [6.45, 7) is 0. The third-order valence-electron chi connectivity index (χ3n) is 9.40. The van der Waals surface area contributed by atoms with Gasteiger partial charge in [-0.2, -0.15) is 0 Å². The molecule has 0 bridgehead atoms. The second kappa shape index (κ2) is 10.9. The van der Waals surface area contributed by atoms with Crippen molar-refractivity contribution in [2.45, 2.75) is 0 Å². The van der Waals surface area contributed by atoms with Crippen LogP contribution in [0.1, 0.15) is 0 Å². The molecule has 0 aliphatic rings. The van der Waals surface area contributed by atoms with Crippen LogP contribution in [0.4, 0.5) is 0 Å². The Kier molecular flexibility index (Phi) is 6.25. The van der Waals surface area contributed by atoms with Crippen LogP contribution in [0.15, 0.2) is 182 Å². The van der Waals surface area contributed by atoms with E-state index in [1.54, 1.807) is 0 Å². The summed E-state index contributed by atoms with van der Waals surface area (Å²) in [5.41, 5.74) is 0. The van der Waals surface area contributed by atoms with Gasteiger partial charge >= 0.3 is 0 Å². The highest BCUT2D eigenvalue weighted by Gasteiger charge is 2.07. The van der Waals surface area contributed by atoms with Crippen LogP contribution in [-0.2, 0) is 0 Å². The highest BCUT2D eigenvalue weighted by molar-refractivity contribution is 6.23. The van der Waals surface area contributed by atoms with E-state index in [0.717, 1.165) is 0 Å². The van der Waals surface area contributed by atoms with Gasteiger partial charge < -0.3 is 0 Å². The Morgan fingerprint density at radius 3 is 0.522 bits per heavy atom. The third-order valence-corrected chi connectivity index (χ3v) is 9.40. The molecule has 0 spiro atoms. The predicted molar refractivity (Wildman–Crippen MR) is 202 cm³/mol. The summed E-state index contributed by atoms with van der Waals surface area (Å²) in [6.07, 6.45) is 0. The highest BCUT2D eigenvalue weighted by Crippen LogP contribution is 2.35. The number of fused-ring (bicyclic) bond motifs is 2. The van der Waals surface area contributed by atoms with Crippen molar-refractivity contribution in [2.75, 3.05) is 0 Å². The van der Waals surface area contributed by atoms with Crippen molar-refractivity contribution >= 4 is 86.2 Å². The van der Waals surface area contributed by atoms with E-state index in [-0.39, 0.29) is 0 Å². The van der Waals surface area contributed by atoms with Crippen molar-refractivity contribution in [3.8, 4) is 0 Å². The van der Waals surface area contributed by atoms with Crippen molar-refractivity contribution in [2.24, 2.45) is 0 Å². The fraction of sp³-hybridized carbons (Fsp3) is 0. The molecule has 0 amide bonds. The van der Waals surface area contributed by atoms with Gasteiger partial charge in [0.15, 0.2) is 0 Å². The SMILES string of the molecule is c1cc2ccc3cccc4ccc(c1)c2c34.c1cc2ccc3cccc4ccc(c1)c2c34.c1ccc2cc3ccccc3cc2c1. The second-order valence-electron chi connectivity index (χ2n) is 12.1. The zero-order chi connectivity index (χ0) is 30.5. The normalized spacial score (nSPS) is 11.5. The van der Waals surface area contributed by atoms with Gasteiger partial charge in [0.2, 0.25) is 0 Å². The first-order chi connectivity index (χ1) is 22.8. The lowest BCUT2D eigenvalue weighted by Gasteiger charge is -2.09. The summed E-state index contributed by atoms with van der Waals surface area (Å²) in [6, 6.07) is 65.1. The Bertz CT molecular complexity index is 2300. The van der Waals surface area contributed by atoms with Gasteiger partial charge in [-0.3, -0.25) is 0 Å². The molecule has 0 aliphatic heterocycles.